The highest BCUT2D eigenvalue weighted by atomic mass is 16.3. The Morgan fingerprint density at radius 3 is 1.04 bits per heavy atom. The van der Waals surface area contributed by atoms with Crippen LogP contribution < -0.4 is 0 Å². The minimum absolute atomic E-state index is 0.0159. The minimum Gasteiger partial charge on any atom is -0.456 e. The van der Waals surface area contributed by atoms with E-state index >= 15 is 0 Å². The van der Waals surface area contributed by atoms with Crippen LogP contribution in [0.15, 0.2) is 276 Å². The fourth-order valence-electron chi connectivity index (χ4n) is 13.1. The first-order valence-electron chi connectivity index (χ1n) is 27.9. The molecule has 82 heavy (non-hydrogen) atoms. The second kappa shape index (κ2) is 18.4. The number of furan rings is 2. The summed E-state index contributed by atoms with van der Waals surface area (Å²) in [7, 11) is 0. The van der Waals surface area contributed by atoms with Crippen LogP contribution >= 0.6 is 0 Å². The zero-order chi connectivity index (χ0) is 53.8. The van der Waals surface area contributed by atoms with E-state index in [-0.39, 0.29) is 11.8 Å². The molecule has 15 aromatic rings. The molecule has 0 N–H and O–H groups in total. The zero-order valence-electron chi connectivity index (χ0n) is 44.2. The highest BCUT2D eigenvalue weighted by molar-refractivity contribution is 6.08. The van der Waals surface area contributed by atoms with E-state index in [1.807, 2.05) is 36.4 Å². The van der Waals surface area contributed by atoms with Crippen molar-refractivity contribution in [2.45, 2.75) is 11.8 Å². The van der Waals surface area contributed by atoms with Crippen LogP contribution in [-0.2, 0) is 0 Å². The van der Waals surface area contributed by atoms with Crippen molar-refractivity contribution in [3.05, 3.63) is 300 Å². The predicted octanol–water partition coefficient (Wildman–Crippen LogP) is 19.4. The van der Waals surface area contributed by atoms with E-state index in [0.717, 1.165) is 122 Å². The zero-order valence-corrected chi connectivity index (χ0v) is 44.2. The van der Waals surface area contributed by atoms with Crippen LogP contribution in [0.3, 0.4) is 0 Å². The molecule has 0 saturated carbocycles. The highest BCUT2D eigenvalue weighted by Gasteiger charge is 2.41. The first-order chi connectivity index (χ1) is 40.6. The van der Waals surface area contributed by atoms with Gasteiger partial charge in [-0.05, 0) is 116 Å². The summed E-state index contributed by atoms with van der Waals surface area (Å²) in [5.41, 5.74) is 25.3. The van der Waals surface area contributed by atoms with Gasteiger partial charge in [-0.15, -0.1) is 0 Å². The first-order valence-corrected chi connectivity index (χ1v) is 27.9. The van der Waals surface area contributed by atoms with Gasteiger partial charge in [0.1, 0.15) is 22.3 Å². The molecular formula is C76H46N4O2. The van der Waals surface area contributed by atoms with Gasteiger partial charge in [-0.1, -0.05) is 206 Å². The fraction of sp³-hybridized carbons (Fsp3) is 0.0263. The molecule has 2 bridgehead atoms. The smallest absolute Gasteiger partial charge is 0.160 e. The molecular weight excluding hydrogens is 1000 g/mol. The van der Waals surface area contributed by atoms with E-state index in [1.54, 1.807) is 0 Å². The average molecular weight is 1050 g/mol. The van der Waals surface area contributed by atoms with E-state index in [2.05, 4.69) is 231 Å². The summed E-state index contributed by atoms with van der Waals surface area (Å²) in [4.78, 5) is 21.4. The quantitative estimate of drug-likeness (QED) is 0.151. The number of hydrogen-bond donors (Lipinski definition) is 0. The minimum atomic E-state index is 0.0159. The lowest BCUT2D eigenvalue weighted by atomic mass is 9.60. The molecule has 0 fully saturated rings. The summed E-state index contributed by atoms with van der Waals surface area (Å²) in [6.07, 6.45) is 0. The number of hydrogen-bond acceptors (Lipinski definition) is 6. The van der Waals surface area contributed by atoms with Gasteiger partial charge in [-0.25, -0.2) is 19.9 Å². The van der Waals surface area contributed by atoms with Crippen molar-refractivity contribution in [1.29, 1.82) is 0 Å². The maximum Gasteiger partial charge on any atom is 0.160 e. The van der Waals surface area contributed by atoms with Crippen LogP contribution in [0.2, 0.25) is 0 Å². The Morgan fingerprint density at radius 1 is 0.220 bits per heavy atom. The maximum atomic E-state index is 6.25. The monoisotopic (exact) mass is 1050 g/mol. The number of benzene rings is 11. The molecule has 2 atom stereocenters. The molecule has 0 radical (unpaired) electrons. The van der Waals surface area contributed by atoms with Gasteiger partial charge in [0.05, 0.1) is 22.8 Å². The molecule has 0 aliphatic heterocycles. The lowest BCUT2D eigenvalue weighted by Crippen LogP contribution is -2.27. The summed E-state index contributed by atoms with van der Waals surface area (Å²) >= 11 is 0. The van der Waals surface area contributed by atoms with Gasteiger partial charge in [-0.3, -0.25) is 0 Å². The molecule has 4 aromatic heterocycles. The third-order valence-electron chi connectivity index (χ3n) is 16.9. The van der Waals surface area contributed by atoms with Crippen molar-refractivity contribution >= 4 is 43.9 Å². The van der Waals surface area contributed by atoms with E-state index in [1.165, 1.54) is 33.4 Å². The van der Waals surface area contributed by atoms with Crippen LogP contribution in [0.25, 0.3) is 134 Å². The van der Waals surface area contributed by atoms with E-state index in [9.17, 15) is 0 Å². The largest absolute Gasteiger partial charge is 0.456 e. The summed E-state index contributed by atoms with van der Waals surface area (Å²) in [6.45, 7) is 0. The summed E-state index contributed by atoms with van der Waals surface area (Å²) in [5, 5.41) is 4.38. The molecule has 3 aliphatic carbocycles. The van der Waals surface area contributed by atoms with Crippen molar-refractivity contribution in [2.75, 3.05) is 0 Å². The Bertz CT molecular complexity index is 4760. The molecule has 4 heterocycles. The first kappa shape index (κ1) is 46.1. The lowest BCUT2D eigenvalue weighted by Gasteiger charge is -2.42. The maximum absolute atomic E-state index is 6.25. The predicted molar refractivity (Wildman–Crippen MR) is 330 cm³/mol. The number of nitrogens with zero attached hydrogens (tertiary/aromatic N) is 4. The Labute approximate surface area is 472 Å². The Hall–Kier alpha value is -10.8. The Morgan fingerprint density at radius 2 is 0.573 bits per heavy atom. The van der Waals surface area contributed by atoms with Gasteiger partial charge < -0.3 is 8.83 Å². The summed E-state index contributed by atoms with van der Waals surface area (Å²) in [5.74, 6) is 1.39. The summed E-state index contributed by atoms with van der Waals surface area (Å²) < 4.78 is 12.5. The number of aromatic nitrogens is 4. The standard InChI is InChI=1S/C76H46N4O2/c1-3-17-45(18-4-1)75-77-65(43-67(79-75)53-23-9-7-21-51(53)47-33-37-71-61(39-47)55-25-13-15-29-69(55)81-71)49-31-35-59-63(41-49)73-57-27-11-12-28-58(57)74(59)64-42-50(32-36-60(64)73)66-44-68(80-76(78-66)46-19-5-2-6-20-46)54-24-10-8-22-52(54)48-34-38-72-62(40-48)56-26-14-16-30-70(56)82-72/h1-44,73-74H. The molecule has 3 aliphatic rings. The lowest BCUT2D eigenvalue weighted by molar-refractivity contribution is 0.668. The number of fused-ring (bicyclic) bond motifs is 6. The van der Waals surface area contributed by atoms with Gasteiger partial charge >= 0.3 is 0 Å². The molecule has 0 amide bonds. The third-order valence-corrected chi connectivity index (χ3v) is 16.9. The molecule has 18 rings (SSSR count). The molecule has 0 spiro atoms. The van der Waals surface area contributed by atoms with Gasteiger partial charge in [0.15, 0.2) is 11.6 Å². The molecule has 0 saturated heterocycles. The van der Waals surface area contributed by atoms with Gasteiger partial charge in [0, 0.05) is 66.8 Å². The molecule has 6 heteroatoms. The molecule has 6 nitrogen and oxygen atoms in total. The van der Waals surface area contributed by atoms with Crippen molar-refractivity contribution in [3.63, 3.8) is 0 Å². The van der Waals surface area contributed by atoms with E-state index < -0.39 is 0 Å². The van der Waals surface area contributed by atoms with Crippen LogP contribution in [0.1, 0.15) is 45.2 Å². The SMILES string of the molecule is c1ccc(-c2nc(-c3ccc4c(c3)C3c5ccccc5C4c4cc(-c5cc(-c6ccccc6-c6ccc7oc8ccccc8c7c6)nc(-c6ccccc6)n5)ccc43)cc(-c3ccccc3-c3ccc4oc5ccccc5c4c3)n2)cc1. The van der Waals surface area contributed by atoms with Gasteiger partial charge in [-0.2, -0.15) is 0 Å². The molecule has 382 valence electrons. The summed E-state index contributed by atoms with van der Waals surface area (Å²) in [6, 6.07) is 94.6. The molecule has 11 aromatic carbocycles. The fourth-order valence-corrected chi connectivity index (χ4v) is 13.1. The van der Waals surface area contributed by atoms with Gasteiger partial charge in [0.2, 0.25) is 0 Å². The number of para-hydroxylation sites is 2. The second-order valence-corrected chi connectivity index (χ2v) is 21.5. The second-order valence-electron chi connectivity index (χ2n) is 21.5. The van der Waals surface area contributed by atoms with Crippen LogP contribution in [0.4, 0.5) is 0 Å². The van der Waals surface area contributed by atoms with Crippen molar-refractivity contribution < 1.29 is 8.83 Å². The van der Waals surface area contributed by atoms with Crippen molar-refractivity contribution in [1.82, 2.24) is 19.9 Å². The van der Waals surface area contributed by atoms with Crippen LogP contribution in [-0.4, -0.2) is 19.9 Å². The van der Waals surface area contributed by atoms with Crippen molar-refractivity contribution in [2.24, 2.45) is 0 Å². The normalized spacial score (nSPS) is 14.1. The third kappa shape index (κ3) is 7.42. The molecule has 2 unspecified atom stereocenters. The van der Waals surface area contributed by atoms with Crippen LogP contribution in [0, 0.1) is 0 Å². The van der Waals surface area contributed by atoms with Gasteiger partial charge in [0.25, 0.3) is 0 Å². The topological polar surface area (TPSA) is 77.8 Å². The Kier molecular flexibility index (Phi) is 10.3. The Balaban J connectivity index is 0.781. The average Bonchev–Trinajstić information content (AvgIpc) is 2.21. The van der Waals surface area contributed by atoms with Crippen molar-refractivity contribution in [3.8, 4) is 90.1 Å². The van der Waals surface area contributed by atoms with Crippen LogP contribution in [0.5, 0.6) is 0 Å². The van der Waals surface area contributed by atoms with E-state index in [4.69, 9.17) is 28.8 Å². The van der Waals surface area contributed by atoms with E-state index in [0.29, 0.717) is 11.6 Å². The highest BCUT2D eigenvalue weighted by Crippen LogP contribution is 2.57. The number of rotatable bonds is 8.